The van der Waals surface area contributed by atoms with E-state index in [1.165, 1.54) is 16.7 Å². The Labute approximate surface area is 140 Å². The molecule has 128 valence electrons. The largest absolute Gasteiger partial charge is 0.419 e. The number of halogens is 1. The summed E-state index contributed by atoms with van der Waals surface area (Å²) in [6, 6.07) is 4.40. The summed E-state index contributed by atoms with van der Waals surface area (Å²) in [6.07, 6.45) is 1.74. The number of hydrogen-bond acceptors (Lipinski definition) is 5. The first kappa shape index (κ1) is 18.0. The van der Waals surface area contributed by atoms with Crippen LogP contribution in [0.1, 0.15) is 19.8 Å². The Bertz CT molecular complexity index is 859. The van der Waals surface area contributed by atoms with Gasteiger partial charge in [0.1, 0.15) is 0 Å². The van der Waals surface area contributed by atoms with E-state index < -0.39 is 15.8 Å². The Hall–Kier alpha value is -1.35. The Morgan fingerprint density at radius 2 is 2.13 bits per heavy atom. The number of nitrogens with one attached hydrogen (secondary N) is 2. The highest BCUT2D eigenvalue weighted by molar-refractivity contribution is 7.89. The third-order valence-corrected chi connectivity index (χ3v) is 5.63. The number of aromatic nitrogens is 1. The molecule has 1 aromatic heterocycles. The minimum Gasteiger partial charge on any atom is -0.408 e. The smallest absolute Gasteiger partial charge is 0.408 e. The molecule has 7 nitrogen and oxygen atoms in total. The molecular formula is C14H20ClN3O4S. The first-order valence-corrected chi connectivity index (χ1v) is 8.72. The van der Waals surface area contributed by atoms with Crippen LogP contribution in [0.2, 0.25) is 0 Å². The van der Waals surface area contributed by atoms with Crippen LogP contribution in [0.4, 0.5) is 0 Å². The van der Waals surface area contributed by atoms with Crippen LogP contribution < -0.4 is 15.8 Å². The summed E-state index contributed by atoms with van der Waals surface area (Å²) < 4.78 is 34.2. The Morgan fingerprint density at radius 1 is 1.39 bits per heavy atom. The molecule has 1 aromatic carbocycles. The van der Waals surface area contributed by atoms with Gasteiger partial charge in [-0.25, -0.2) is 17.9 Å². The monoisotopic (exact) mass is 361 g/mol. The topological polar surface area (TPSA) is 93.3 Å². The molecule has 3 rings (SSSR count). The standard InChI is InChI=1S/C14H19N3O4S.ClH/c1-9-11(4-3-7-15-9)16-22(19,20)10-5-6-12-13(8-10)21-14(18)17(12)2;/h5-6,8-9,11,15-16H,3-4,7H2,1-2H3;1H. The summed E-state index contributed by atoms with van der Waals surface area (Å²) in [4.78, 5) is 11.6. The number of rotatable bonds is 3. The zero-order chi connectivity index (χ0) is 15.9. The lowest BCUT2D eigenvalue weighted by Gasteiger charge is -2.30. The van der Waals surface area contributed by atoms with Crippen LogP contribution in [0.3, 0.4) is 0 Å². The molecule has 9 heteroatoms. The molecule has 0 aliphatic carbocycles. The van der Waals surface area contributed by atoms with Crippen molar-refractivity contribution in [3.8, 4) is 0 Å². The molecule has 0 saturated carbocycles. The molecule has 0 spiro atoms. The summed E-state index contributed by atoms with van der Waals surface area (Å²) in [5.41, 5.74) is 0.835. The maximum Gasteiger partial charge on any atom is 0.419 e. The average Bonchev–Trinajstić information content (AvgIpc) is 2.76. The third kappa shape index (κ3) is 3.45. The van der Waals surface area contributed by atoms with E-state index in [9.17, 15) is 13.2 Å². The molecule has 2 atom stereocenters. The van der Waals surface area contributed by atoms with Crippen LogP contribution in [0.15, 0.2) is 32.3 Å². The van der Waals surface area contributed by atoms with Crippen LogP contribution in [0.25, 0.3) is 11.1 Å². The first-order valence-electron chi connectivity index (χ1n) is 7.24. The second-order valence-electron chi connectivity index (χ2n) is 5.67. The number of nitrogens with zero attached hydrogens (tertiary/aromatic N) is 1. The number of hydrogen-bond donors (Lipinski definition) is 2. The van der Waals surface area contributed by atoms with E-state index in [1.54, 1.807) is 13.1 Å². The number of piperidine rings is 1. The molecule has 1 aliphatic rings. The van der Waals surface area contributed by atoms with Gasteiger partial charge in [0.2, 0.25) is 10.0 Å². The van der Waals surface area contributed by atoms with Gasteiger partial charge in [-0.1, -0.05) is 0 Å². The van der Waals surface area contributed by atoms with Crippen molar-refractivity contribution < 1.29 is 12.8 Å². The van der Waals surface area contributed by atoms with E-state index in [2.05, 4.69) is 10.0 Å². The minimum atomic E-state index is -3.65. The fourth-order valence-electron chi connectivity index (χ4n) is 2.75. The van der Waals surface area contributed by atoms with Gasteiger partial charge < -0.3 is 9.73 Å². The molecular weight excluding hydrogens is 342 g/mol. The van der Waals surface area contributed by atoms with Crippen molar-refractivity contribution in [3.63, 3.8) is 0 Å². The maximum atomic E-state index is 12.5. The van der Waals surface area contributed by atoms with Crippen LogP contribution in [-0.2, 0) is 17.1 Å². The molecule has 0 radical (unpaired) electrons. The fraction of sp³-hybridized carbons (Fsp3) is 0.500. The molecule has 2 N–H and O–H groups in total. The van der Waals surface area contributed by atoms with Crippen LogP contribution >= 0.6 is 12.4 Å². The highest BCUT2D eigenvalue weighted by Crippen LogP contribution is 2.19. The average molecular weight is 362 g/mol. The number of oxazole rings is 1. The van der Waals surface area contributed by atoms with Gasteiger partial charge in [0, 0.05) is 25.2 Å². The predicted molar refractivity (Wildman–Crippen MR) is 89.5 cm³/mol. The van der Waals surface area contributed by atoms with Crippen LogP contribution in [0, 0.1) is 0 Å². The van der Waals surface area contributed by atoms with Gasteiger partial charge in [-0.3, -0.25) is 4.57 Å². The van der Waals surface area contributed by atoms with E-state index in [0.717, 1.165) is 19.4 Å². The Kier molecular flexibility index (Phi) is 5.20. The SMILES string of the molecule is CC1NCCCC1NS(=O)(=O)c1ccc2c(c1)oc(=O)n2C.Cl. The number of fused-ring (bicyclic) bond motifs is 1. The first-order chi connectivity index (χ1) is 10.4. The quantitative estimate of drug-likeness (QED) is 0.849. The van der Waals surface area contributed by atoms with E-state index in [4.69, 9.17) is 4.42 Å². The number of aryl methyl sites for hydroxylation is 1. The molecule has 2 heterocycles. The zero-order valence-corrected chi connectivity index (χ0v) is 14.5. The second-order valence-corrected chi connectivity index (χ2v) is 7.38. The predicted octanol–water partition coefficient (Wildman–Crippen LogP) is 0.972. The zero-order valence-electron chi connectivity index (χ0n) is 12.9. The summed E-state index contributed by atoms with van der Waals surface area (Å²) >= 11 is 0. The molecule has 2 aromatic rings. The van der Waals surface area contributed by atoms with E-state index in [-0.39, 0.29) is 35.0 Å². The molecule has 0 bridgehead atoms. The van der Waals surface area contributed by atoms with E-state index in [0.29, 0.717) is 5.52 Å². The van der Waals surface area contributed by atoms with Crippen molar-refractivity contribution in [2.75, 3.05) is 6.54 Å². The van der Waals surface area contributed by atoms with E-state index >= 15 is 0 Å². The molecule has 23 heavy (non-hydrogen) atoms. The van der Waals surface area contributed by atoms with Crippen molar-refractivity contribution in [2.45, 2.75) is 36.7 Å². The number of benzene rings is 1. The van der Waals surface area contributed by atoms with Gasteiger partial charge in [-0.2, -0.15) is 0 Å². The van der Waals surface area contributed by atoms with Crippen molar-refractivity contribution in [2.24, 2.45) is 7.05 Å². The van der Waals surface area contributed by atoms with Crippen LogP contribution in [-0.4, -0.2) is 31.6 Å². The molecule has 2 unspecified atom stereocenters. The maximum absolute atomic E-state index is 12.5. The van der Waals surface area contributed by atoms with Gasteiger partial charge in [0.15, 0.2) is 5.58 Å². The van der Waals surface area contributed by atoms with Gasteiger partial charge >= 0.3 is 5.76 Å². The van der Waals surface area contributed by atoms with Crippen molar-refractivity contribution in [1.29, 1.82) is 0 Å². The van der Waals surface area contributed by atoms with Gasteiger partial charge in [-0.05, 0) is 38.4 Å². The summed E-state index contributed by atoms with van der Waals surface area (Å²) in [5, 5.41) is 3.26. The van der Waals surface area contributed by atoms with Gasteiger partial charge in [0.05, 0.1) is 10.4 Å². The van der Waals surface area contributed by atoms with Crippen molar-refractivity contribution in [1.82, 2.24) is 14.6 Å². The van der Waals surface area contributed by atoms with Crippen molar-refractivity contribution in [3.05, 3.63) is 28.7 Å². The second kappa shape index (κ2) is 6.64. The fourth-order valence-corrected chi connectivity index (χ4v) is 4.12. The highest BCUT2D eigenvalue weighted by atomic mass is 35.5. The lowest BCUT2D eigenvalue weighted by Crippen LogP contribution is -2.51. The summed E-state index contributed by atoms with van der Waals surface area (Å²) in [7, 11) is -2.07. The molecule has 0 amide bonds. The van der Waals surface area contributed by atoms with Crippen molar-refractivity contribution >= 4 is 33.5 Å². The molecule has 1 saturated heterocycles. The molecule has 1 aliphatic heterocycles. The lowest BCUT2D eigenvalue weighted by atomic mass is 10.0. The van der Waals surface area contributed by atoms with E-state index in [1.807, 2.05) is 6.92 Å². The Balaban J connectivity index is 0.00000192. The summed E-state index contributed by atoms with van der Waals surface area (Å²) in [6.45, 7) is 2.87. The number of sulfonamides is 1. The summed E-state index contributed by atoms with van der Waals surface area (Å²) in [5.74, 6) is -0.511. The lowest BCUT2D eigenvalue weighted by molar-refractivity contribution is 0.349. The van der Waals surface area contributed by atoms with Gasteiger partial charge in [-0.15, -0.1) is 12.4 Å². The minimum absolute atomic E-state index is 0. The normalized spacial score (nSPS) is 22.0. The molecule has 1 fully saturated rings. The van der Waals surface area contributed by atoms with Crippen LogP contribution in [0.5, 0.6) is 0 Å². The highest BCUT2D eigenvalue weighted by Gasteiger charge is 2.27. The third-order valence-electron chi connectivity index (χ3n) is 4.14. The Morgan fingerprint density at radius 3 is 2.83 bits per heavy atom. The van der Waals surface area contributed by atoms with Gasteiger partial charge in [0.25, 0.3) is 0 Å².